The summed E-state index contributed by atoms with van der Waals surface area (Å²) in [4.78, 5) is 22.1. The fraction of sp³-hybridized carbons (Fsp3) is 0.867. The lowest BCUT2D eigenvalue weighted by Gasteiger charge is -2.20. The average Bonchev–Trinajstić information content (AvgIpc) is 2.38. The van der Waals surface area contributed by atoms with E-state index >= 15 is 0 Å². The van der Waals surface area contributed by atoms with Crippen molar-refractivity contribution in [1.29, 1.82) is 0 Å². The molecule has 0 aliphatic heterocycles. The summed E-state index contributed by atoms with van der Waals surface area (Å²) in [5.41, 5.74) is 0. The van der Waals surface area contributed by atoms with Gasteiger partial charge in [-0.15, -0.1) is 0 Å². The number of nitrogens with one attached hydrogen (secondary N) is 1. The van der Waals surface area contributed by atoms with Gasteiger partial charge in [-0.1, -0.05) is 20.8 Å². The summed E-state index contributed by atoms with van der Waals surface area (Å²) in [6.07, 6.45) is 3.04. The fourth-order valence-corrected chi connectivity index (χ4v) is 2.02. The predicted molar refractivity (Wildman–Crippen MR) is 78.6 cm³/mol. The SMILES string of the molecule is CCCOCCC(=O)NCCC(CCC(=O)O)C(C)C. The van der Waals surface area contributed by atoms with Crippen molar-refractivity contribution in [2.75, 3.05) is 19.8 Å². The van der Waals surface area contributed by atoms with Crippen LogP contribution < -0.4 is 5.32 Å². The van der Waals surface area contributed by atoms with Crippen LogP contribution in [-0.2, 0) is 14.3 Å². The second-order valence-corrected chi connectivity index (χ2v) is 5.44. The van der Waals surface area contributed by atoms with Crippen LogP contribution in [-0.4, -0.2) is 36.7 Å². The molecule has 0 saturated carbocycles. The number of carbonyl (C=O) groups excluding carboxylic acids is 1. The minimum Gasteiger partial charge on any atom is -0.481 e. The predicted octanol–water partition coefficient (Wildman–Crippen LogP) is 2.45. The lowest BCUT2D eigenvalue weighted by molar-refractivity contribution is -0.137. The van der Waals surface area contributed by atoms with Gasteiger partial charge in [-0.3, -0.25) is 9.59 Å². The molecule has 20 heavy (non-hydrogen) atoms. The van der Waals surface area contributed by atoms with E-state index in [2.05, 4.69) is 19.2 Å². The van der Waals surface area contributed by atoms with Gasteiger partial charge in [0.25, 0.3) is 0 Å². The molecule has 0 aliphatic carbocycles. The van der Waals surface area contributed by atoms with Gasteiger partial charge in [0.1, 0.15) is 0 Å². The van der Waals surface area contributed by atoms with Gasteiger partial charge in [-0.05, 0) is 31.1 Å². The maximum absolute atomic E-state index is 11.5. The Morgan fingerprint density at radius 3 is 2.40 bits per heavy atom. The third-order valence-corrected chi connectivity index (χ3v) is 3.33. The molecule has 1 atom stereocenters. The Morgan fingerprint density at radius 1 is 1.15 bits per heavy atom. The van der Waals surface area contributed by atoms with Crippen LogP contribution in [0.25, 0.3) is 0 Å². The van der Waals surface area contributed by atoms with E-state index in [0.29, 0.717) is 44.4 Å². The fourth-order valence-electron chi connectivity index (χ4n) is 2.02. The highest BCUT2D eigenvalue weighted by atomic mass is 16.5. The molecule has 0 radical (unpaired) electrons. The van der Waals surface area contributed by atoms with E-state index in [1.54, 1.807) is 0 Å². The minimum absolute atomic E-state index is 0.00171. The monoisotopic (exact) mass is 287 g/mol. The lowest BCUT2D eigenvalue weighted by atomic mass is 9.88. The Hall–Kier alpha value is -1.10. The number of carbonyl (C=O) groups is 2. The van der Waals surface area contributed by atoms with Gasteiger partial charge in [-0.25, -0.2) is 0 Å². The van der Waals surface area contributed by atoms with Crippen molar-refractivity contribution in [3.8, 4) is 0 Å². The van der Waals surface area contributed by atoms with E-state index in [-0.39, 0.29) is 12.3 Å². The summed E-state index contributed by atoms with van der Waals surface area (Å²) in [5.74, 6) is 0.0106. The Balaban J connectivity index is 3.76. The van der Waals surface area contributed by atoms with Crippen molar-refractivity contribution in [1.82, 2.24) is 5.32 Å². The number of hydrogen-bond donors (Lipinski definition) is 2. The molecule has 0 aromatic rings. The first-order valence-electron chi connectivity index (χ1n) is 7.53. The molecule has 0 heterocycles. The molecule has 0 saturated heterocycles. The lowest BCUT2D eigenvalue weighted by Crippen LogP contribution is -2.28. The molecule has 1 amide bonds. The maximum Gasteiger partial charge on any atom is 0.303 e. The van der Waals surface area contributed by atoms with Crippen molar-refractivity contribution in [3.63, 3.8) is 0 Å². The number of rotatable bonds is 12. The molecule has 0 aromatic heterocycles. The smallest absolute Gasteiger partial charge is 0.303 e. The van der Waals surface area contributed by atoms with Gasteiger partial charge in [-0.2, -0.15) is 0 Å². The van der Waals surface area contributed by atoms with E-state index in [4.69, 9.17) is 9.84 Å². The number of aliphatic carboxylic acids is 1. The van der Waals surface area contributed by atoms with Gasteiger partial charge in [0, 0.05) is 26.0 Å². The summed E-state index contributed by atoms with van der Waals surface area (Å²) >= 11 is 0. The van der Waals surface area contributed by atoms with Crippen LogP contribution >= 0.6 is 0 Å². The number of carboxylic acid groups (broad SMARTS) is 1. The van der Waals surface area contributed by atoms with Gasteiger partial charge in [0.15, 0.2) is 0 Å². The molecule has 2 N–H and O–H groups in total. The largest absolute Gasteiger partial charge is 0.481 e. The standard InChI is InChI=1S/C15H29NO4/c1-4-10-20-11-8-14(17)16-9-7-13(12(2)3)5-6-15(18)19/h12-13H,4-11H2,1-3H3,(H,16,17)(H,18,19). The van der Waals surface area contributed by atoms with E-state index in [1.165, 1.54) is 0 Å². The van der Waals surface area contributed by atoms with Crippen LogP contribution in [0.3, 0.4) is 0 Å². The molecule has 5 nitrogen and oxygen atoms in total. The second-order valence-electron chi connectivity index (χ2n) is 5.44. The third kappa shape index (κ3) is 10.8. The maximum atomic E-state index is 11.5. The quantitative estimate of drug-likeness (QED) is 0.541. The summed E-state index contributed by atoms with van der Waals surface area (Å²) in [6.45, 7) is 7.97. The molecule has 0 aromatic carbocycles. The molecule has 0 fully saturated rings. The van der Waals surface area contributed by atoms with E-state index in [9.17, 15) is 9.59 Å². The highest BCUT2D eigenvalue weighted by Gasteiger charge is 2.15. The summed E-state index contributed by atoms with van der Waals surface area (Å²) in [6, 6.07) is 0. The van der Waals surface area contributed by atoms with Gasteiger partial charge in [0.2, 0.25) is 5.91 Å². The van der Waals surface area contributed by atoms with Gasteiger partial charge < -0.3 is 15.2 Å². The van der Waals surface area contributed by atoms with Crippen LogP contribution in [0, 0.1) is 11.8 Å². The number of carboxylic acids is 1. The van der Waals surface area contributed by atoms with Crippen LogP contribution in [0.4, 0.5) is 0 Å². The van der Waals surface area contributed by atoms with Gasteiger partial charge in [0.05, 0.1) is 6.61 Å². The molecule has 0 bridgehead atoms. The Morgan fingerprint density at radius 2 is 1.85 bits per heavy atom. The van der Waals surface area contributed by atoms with Crippen LogP contribution in [0.2, 0.25) is 0 Å². The zero-order valence-electron chi connectivity index (χ0n) is 13.0. The van der Waals surface area contributed by atoms with Crippen molar-refractivity contribution < 1.29 is 19.4 Å². The van der Waals surface area contributed by atoms with Crippen LogP contribution in [0.1, 0.15) is 52.9 Å². The molecular formula is C15H29NO4. The van der Waals surface area contributed by atoms with Crippen LogP contribution in [0.15, 0.2) is 0 Å². The second kappa shape index (κ2) is 11.7. The minimum atomic E-state index is -0.757. The molecule has 1 unspecified atom stereocenters. The zero-order chi connectivity index (χ0) is 15.4. The van der Waals surface area contributed by atoms with Crippen LogP contribution in [0.5, 0.6) is 0 Å². The van der Waals surface area contributed by atoms with E-state index in [1.807, 2.05) is 6.92 Å². The Kier molecular flexibility index (Phi) is 11.1. The van der Waals surface area contributed by atoms with Crippen molar-refractivity contribution >= 4 is 11.9 Å². The molecular weight excluding hydrogens is 258 g/mol. The normalized spacial score (nSPS) is 12.4. The first-order valence-corrected chi connectivity index (χ1v) is 7.53. The molecule has 5 heteroatoms. The molecule has 0 spiro atoms. The Labute approximate surface area is 122 Å². The summed E-state index contributed by atoms with van der Waals surface area (Å²) < 4.78 is 5.26. The Bertz CT molecular complexity index is 279. The topological polar surface area (TPSA) is 75.6 Å². The first kappa shape index (κ1) is 18.9. The van der Waals surface area contributed by atoms with E-state index < -0.39 is 5.97 Å². The van der Waals surface area contributed by atoms with Crippen molar-refractivity contribution in [3.05, 3.63) is 0 Å². The first-order chi connectivity index (χ1) is 9.47. The molecule has 0 rings (SSSR count). The average molecular weight is 287 g/mol. The number of amides is 1. The summed E-state index contributed by atoms with van der Waals surface area (Å²) in [7, 11) is 0. The molecule has 0 aliphatic rings. The highest BCUT2D eigenvalue weighted by Crippen LogP contribution is 2.20. The number of ether oxygens (including phenoxy) is 1. The summed E-state index contributed by atoms with van der Waals surface area (Å²) in [5, 5.41) is 11.6. The van der Waals surface area contributed by atoms with Gasteiger partial charge >= 0.3 is 5.97 Å². The zero-order valence-corrected chi connectivity index (χ0v) is 13.0. The van der Waals surface area contributed by atoms with Crippen molar-refractivity contribution in [2.24, 2.45) is 11.8 Å². The third-order valence-electron chi connectivity index (χ3n) is 3.33. The van der Waals surface area contributed by atoms with E-state index in [0.717, 1.165) is 12.8 Å². The van der Waals surface area contributed by atoms with Crippen molar-refractivity contribution in [2.45, 2.75) is 52.9 Å². The highest BCUT2D eigenvalue weighted by molar-refractivity contribution is 5.75. The molecule has 118 valence electrons. The number of hydrogen-bond acceptors (Lipinski definition) is 3.